The van der Waals surface area contributed by atoms with Gasteiger partial charge in [0, 0.05) is 0 Å². The topological polar surface area (TPSA) is 34.1 Å². The van der Waals surface area contributed by atoms with Crippen LogP contribution < -0.4 is 0 Å². The predicted octanol–water partition coefficient (Wildman–Crippen LogP) is 1.16. The molecule has 42 valence electrons. The maximum Gasteiger partial charge on any atom is 0.373 e. The van der Waals surface area contributed by atoms with Crippen molar-refractivity contribution in [3.63, 3.8) is 0 Å². The van der Waals surface area contributed by atoms with E-state index >= 15 is 0 Å². The van der Waals surface area contributed by atoms with Gasteiger partial charge in [0.1, 0.15) is 0 Å². The number of carbonyl (C=O) groups excluding carboxylic acids is 2. The first-order valence-corrected chi connectivity index (χ1v) is 2.82. The first-order valence-electron chi connectivity index (χ1n) is 1.88. The average molecular weight is 128 g/mol. The van der Waals surface area contributed by atoms with Gasteiger partial charge < -0.3 is 0 Å². The Morgan fingerprint density at radius 3 is 1.62 bits per heavy atom. The van der Waals surface area contributed by atoms with E-state index in [4.69, 9.17) is 9.59 Å². The van der Waals surface area contributed by atoms with E-state index in [2.05, 4.69) is 0 Å². The van der Waals surface area contributed by atoms with E-state index in [0.717, 1.165) is 0 Å². The molecule has 1 aromatic heterocycles. The van der Waals surface area contributed by atoms with Crippen LogP contribution in [-0.2, 0) is 9.59 Å². The van der Waals surface area contributed by atoms with Gasteiger partial charge >= 0.3 is 6.15 Å². The zero-order valence-corrected chi connectivity index (χ0v) is 4.85. The highest BCUT2D eigenvalue weighted by Crippen LogP contribution is 1.91. The lowest BCUT2D eigenvalue weighted by atomic mass is 10.7. The largest absolute Gasteiger partial charge is 0.373 e. The summed E-state index contributed by atoms with van der Waals surface area (Å²) in [4.78, 5) is 16.2. The average Bonchev–Trinajstić information content (AvgIpc) is 2.17. The number of rotatable bonds is 0. The molecule has 1 rings (SSSR count). The maximum absolute atomic E-state index is 8.12. The van der Waals surface area contributed by atoms with E-state index in [9.17, 15) is 0 Å². The molecule has 0 radical (unpaired) electrons. The highest BCUT2D eigenvalue weighted by atomic mass is 32.1. The number of hydrogen-bond donors (Lipinski definition) is 0. The molecular formula is C5H4O2S. The molecule has 0 saturated carbocycles. The van der Waals surface area contributed by atoms with Gasteiger partial charge in [-0.3, -0.25) is 0 Å². The minimum absolute atomic E-state index is 0.250. The molecule has 0 atom stereocenters. The zero-order chi connectivity index (χ0) is 6.24. The maximum atomic E-state index is 8.12. The van der Waals surface area contributed by atoms with Crippen molar-refractivity contribution < 1.29 is 9.59 Å². The van der Waals surface area contributed by atoms with E-state index in [1.54, 1.807) is 11.3 Å². The van der Waals surface area contributed by atoms with Gasteiger partial charge in [0.2, 0.25) is 0 Å². The molecule has 0 aliphatic heterocycles. The summed E-state index contributed by atoms with van der Waals surface area (Å²) in [7, 11) is 0. The van der Waals surface area contributed by atoms with E-state index in [1.165, 1.54) is 0 Å². The van der Waals surface area contributed by atoms with Crippen molar-refractivity contribution in [1.29, 1.82) is 0 Å². The minimum Gasteiger partial charge on any atom is -0.186 e. The Balaban J connectivity index is 0.000000145. The lowest BCUT2D eigenvalue weighted by Crippen LogP contribution is -1.22. The SMILES string of the molecule is O=C=O.c1ccsc1. The summed E-state index contributed by atoms with van der Waals surface area (Å²) in [5, 5.41) is 4.08. The fraction of sp³-hybridized carbons (Fsp3) is 0. The molecule has 1 aromatic rings. The third kappa shape index (κ3) is 5.08. The van der Waals surface area contributed by atoms with Gasteiger partial charge in [-0.15, -0.1) is 0 Å². The van der Waals surface area contributed by atoms with Gasteiger partial charge in [0.15, 0.2) is 0 Å². The quantitative estimate of drug-likeness (QED) is 0.525. The second-order valence-corrected chi connectivity index (χ2v) is 1.69. The summed E-state index contributed by atoms with van der Waals surface area (Å²) in [6.45, 7) is 0. The molecule has 1 heterocycles. The third-order valence-electron chi connectivity index (χ3n) is 0.425. The monoisotopic (exact) mass is 128 g/mol. The van der Waals surface area contributed by atoms with E-state index < -0.39 is 0 Å². The van der Waals surface area contributed by atoms with Crippen LogP contribution >= 0.6 is 11.3 Å². The molecule has 0 unspecified atom stereocenters. The fourth-order valence-electron chi connectivity index (χ4n) is 0.227. The van der Waals surface area contributed by atoms with Crippen molar-refractivity contribution in [3.05, 3.63) is 22.9 Å². The molecule has 0 aliphatic rings. The van der Waals surface area contributed by atoms with Crippen molar-refractivity contribution >= 4 is 17.5 Å². The smallest absolute Gasteiger partial charge is 0.186 e. The summed E-state index contributed by atoms with van der Waals surface area (Å²) in [6.07, 6.45) is 0.250. The summed E-state index contributed by atoms with van der Waals surface area (Å²) in [5.74, 6) is 0. The molecule has 0 spiro atoms. The molecule has 0 bridgehead atoms. The van der Waals surface area contributed by atoms with Crippen molar-refractivity contribution in [2.45, 2.75) is 0 Å². The molecule has 0 aliphatic carbocycles. The van der Waals surface area contributed by atoms with Gasteiger partial charge in [-0.05, 0) is 10.8 Å². The Kier molecular flexibility index (Phi) is 5.38. The van der Waals surface area contributed by atoms with Crippen molar-refractivity contribution in [3.8, 4) is 0 Å². The highest BCUT2D eigenvalue weighted by molar-refractivity contribution is 7.07. The predicted molar refractivity (Wildman–Crippen MR) is 29.3 cm³/mol. The van der Waals surface area contributed by atoms with Gasteiger partial charge in [0.05, 0.1) is 0 Å². The Hall–Kier alpha value is -0.920. The van der Waals surface area contributed by atoms with E-state index in [1.807, 2.05) is 22.9 Å². The van der Waals surface area contributed by atoms with Crippen LogP contribution in [0.15, 0.2) is 22.9 Å². The van der Waals surface area contributed by atoms with Crippen LogP contribution in [-0.4, -0.2) is 6.15 Å². The van der Waals surface area contributed by atoms with Crippen LogP contribution in [0.25, 0.3) is 0 Å². The molecule has 8 heavy (non-hydrogen) atoms. The molecule has 0 amide bonds. The lowest BCUT2D eigenvalue weighted by molar-refractivity contribution is -0.191. The summed E-state index contributed by atoms with van der Waals surface area (Å²) in [5.41, 5.74) is 0. The molecular weight excluding hydrogens is 124 g/mol. The minimum atomic E-state index is 0.250. The van der Waals surface area contributed by atoms with Crippen LogP contribution in [0.5, 0.6) is 0 Å². The molecule has 0 aromatic carbocycles. The lowest BCUT2D eigenvalue weighted by Gasteiger charge is -1.39. The second kappa shape index (κ2) is 6.08. The van der Waals surface area contributed by atoms with Crippen LogP contribution in [0, 0.1) is 0 Å². The van der Waals surface area contributed by atoms with E-state index in [0.29, 0.717) is 0 Å². The third-order valence-corrected chi connectivity index (χ3v) is 1.05. The van der Waals surface area contributed by atoms with E-state index in [-0.39, 0.29) is 6.15 Å². The van der Waals surface area contributed by atoms with Gasteiger partial charge in [-0.1, -0.05) is 12.1 Å². The number of thiophene rings is 1. The normalized spacial score (nSPS) is 6.00. The van der Waals surface area contributed by atoms with Gasteiger partial charge in [0.25, 0.3) is 0 Å². The summed E-state index contributed by atoms with van der Waals surface area (Å²) in [6, 6.07) is 4.04. The first-order chi connectivity index (χ1) is 3.91. The zero-order valence-electron chi connectivity index (χ0n) is 4.03. The molecule has 0 N–H and O–H groups in total. The molecule has 0 saturated heterocycles. The standard InChI is InChI=1S/C4H4S.CO2/c1-2-4-5-3-1;2-1-3/h1-4H;. The second-order valence-electron chi connectivity index (χ2n) is 0.876. The van der Waals surface area contributed by atoms with Gasteiger partial charge in [-0.25, -0.2) is 0 Å². The molecule has 3 heteroatoms. The Morgan fingerprint density at radius 2 is 1.50 bits per heavy atom. The molecule has 0 fully saturated rings. The highest BCUT2D eigenvalue weighted by Gasteiger charge is 1.58. The summed E-state index contributed by atoms with van der Waals surface area (Å²) < 4.78 is 0. The van der Waals surface area contributed by atoms with Gasteiger partial charge in [-0.2, -0.15) is 20.9 Å². The fourth-order valence-corrected chi connectivity index (χ4v) is 0.680. The van der Waals surface area contributed by atoms with Crippen molar-refractivity contribution in [2.75, 3.05) is 0 Å². The first kappa shape index (κ1) is 7.08. The number of hydrogen-bond acceptors (Lipinski definition) is 3. The van der Waals surface area contributed by atoms with Crippen molar-refractivity contribution in [2.24, 2.45) is 0 Å². The summed E-state index contributed by atoms with van der Waals surface area (Å²) >= 11 is 1.71. The Morgan fingerprint density at radius 1 is 1.12 bits per heavy atom. The Bertz CT molecular complexity index is 122. The van der Waals surface area contributed by atoms with Crippen LogP contribution in [0.1, 0.15) is 0 Å². The molecule has 2 nitrogen and oxygen atoms in total. The Labute approximate surface area is 50.8 Å². The van der Waals surface area contributed by atoms with Crippen LogP contribution in [0.4, 0.5) is 0 Å². The van der Waals surface area contributed by atoms with Crippen LogP contribution in [0.3, 0.4) is 0 Å². The van der Waals surface area contributed by atoms with Crippen LogP contribution in [0.2, 0.25) is 0 Å². The van der Waals surface area contributed by atoms with Crippen molar-refractivity contribution in [1.82, 2.24) is 0 Å².